The van der Waals surface area contributed by atoms with E-state index in [0.29, 0.717) is 0 Å². The van der Waals surface area contributed by atoms with Crippen molar-refractivity contribution in [2.45, 2.75) is 0 Å². The lowest BCUT2D eigenvalue weighted by Crippen LogP contribution is -1.88. The Balaban J connectivity index is 3.46. The average molecular weight is 108 g/mol. The van der Waals surface area contributed by atoms with Gasteiger partial charge in [-0.2, -0.15) is 0 Å². The quantitative estimate of drug-likeness (QED) is 0.537. The summed E-state index contributed by atoms with van der Waals surface area (Å²) in [7, 11) is 0. The van der Waals surface area contributed by atoms with Crippen molar-refractivity contribution in [3.63, 3.8) is 0 Å². The molecule has 0 aliphatic carbocycles. The Bertz CT molecular complexity index is 129. The molecule has 0 aromatic carbocycles. The van der Waals surface area contributed by atoms with Crippen LogP contribution in [0.4, 0.5) is 0 Å². The van der Waals surface area contributed by atoms with Gasteiger partial charge in [-0.25, -0.2) is 4.99 Å². The Morgan fingerprint density at radius 2 is 2.25 bits per heavy atom. The van der Waals surface area contributed by atoms with E-state index in [2.05, 4.69) is 29.3 Å². The first-order valence-corrected chi connectivity index (χ1v) is 2.16. The lowest BCUT2D eigenvalue weighted by Gasteiger charge is -1.76. The first-order valence-electron chi connectivity index (χ1n) is 2.16. The van der Waals surface area contributed by atoms with Crippen LogP contribution in [-0.2, 0) is 0 Å². The number of hydrogen-bond donors (Lipinski definition) is 1. The molecule has 0 aliphatic heterocycles. The third-order valence-electron chi connectivity index (χ3n) is 0.432. The molecule has 0 spiro atoms. The van der Waals surface area contributed by atoms with Gasteiger partial charge in [0.05, 0.1) is 6.20 Å². The molecule has 42 valence electrons. The zero-order chi connectivity index (χ0) is 6.24. The summed E-state index contributed by atoms with van der Waals surface area (Å²) in [5, 5.41) is 2.67. The van der Waals surface area contributed by atoms with E-state index < -0.39 is 0 Å². The standard InChI is InChI=1S/C6H8N2/c1-3-7-5-6-8-4-2/h3-5,7H,1-2H2. The van der Waals surface area contributed by atoms with Crippen LogP contribution in [0, 0.1) is 0 Å². The minimum atomic E-state index is 1.40. The van der Waals surface area contributed by atoms with E-state index in [1.54, 1.807) is 0 Å². The lowest BCUT2D eigenvalue weighted by molar-refractivity contribution is 1.22. The van der Waals surface area contributed by atoms with Crippen molar-refractivity contribution in [2.75, 3.05) is 0 Å². The zero-order valence-corrected chi connectivity index (χ0v) is 4.59. The van der Waals surface area contributed by atoms with E-state index in [4.69, 9.17) is 0 Å². The van der Waals surface area contributed by atoms with Gasteiger partial charge in [-0.3, -0.25) is 0 Å². The van der Waals surface area contributed by atoms with E-state index in [1.807, 2.05) is 0 Å². The molecule has 0 heterocycles. The van der Waals surface area contributed by atoms with E-state index in [1.165, 1.54) is 18.6 Å². The van der Waals surface area contributed by atoms with Gasteiger partial charge in [-0.05, 0) is 6.20 Å². The summed E-state index contributed by atoms with van der Waals surface area (Å²) >= 11 is 0. The smallest absolute Gasteiger partial charge is 0.0635 e. The molecular weight excluding hydrogens is 100 g/mol. The second kappa shape index (κ2) is 5.73. The molecule has 1 N–H and O–H groups in total. The maximum Gasteiger partial charge on any atom is 0.0635 e. The molecule has 0 radical (unpaired) electrons. The highest BCUT2D eigenvalue weighted by atomic mass is 14.8. The van der Waals surface area contributed by atoms with Crippen molar-refractivity contribution >= 4 is 5.87 Å². The van der Waals surface area contributed by atoms with Crippen LogP contribution >= 0.6 is 0 Å². The molecule has 0 rings (SSSR count). The third kappa shape index (κ3) is 4.73. The van der Waals surface area contributed by atoms with Crippen LogP contribution in [0.15, 0.2) is 36.8 Å². The topological polar surface area (TPSA) is 24.4 Å². The molecule has 0 saturated carbocycles. The summed E-state index contributed by atoms with van der Waals surface area (Å²) < 4.78 is 0. The number of nitrogens with one attached hydrogen (secondary N) is 1. The van der Waals surface area contributed by atoms with Crippen LogP contribution in [0.3, 0.4) is 0 Å². The monoisotopic (exact) mass is 108 g/mol. The first kappa shape index (κ1) is 6.73. The Morgan fingerprint density at radius 3 is 2.75 bits per heavy atom. The predicted molar refractivity (Wildman–Crippen MR) is 35.5 cm³/mol. The van der Waals surface area contributed by atoms with E-state index >= 15 is 0 Å². The molecule has 0 saturated heterocycles. The normalized spacial score (nSPS) is 6.00. The molecule has 0 unspecified atom stereocenters. The minimum absolute atomic E-state index is 1.40. The molecule has 2 heteroatoms. The van der Waals surface area contributed by atoms with Gasteiger partial charge in [-0.15, -0.1) is 0 Å². The summed E-state index contributed by atoms with van der Waals surface area (Å²) in [4.78, 5) is 3.56. The second-order valence-corrected chi connectivity index (χ2v) is 0.956. The molecule has 0 fully saturated rings. The summed E-state index contributed by atoms with van der Waals surface area (Å²) in [6, 6.07) is 0. The van der Waals surface area contributed by atoms with Crippen molar-refractivity contribution in [3.8, 4) is 0 Å². The molecule has 2 nitrogen and oxygen atoms in total. The third-order valence-corrected chi connectivity index (χ3v) is 0.432. The van der Waals surface area contributed by atoms with E-state index in [-0.39, 0.29) is 0 Å². The summed E-state index contributed by atoms with van der Waals surface area (Å²) in [5.41, 5.74) is 0. The largest absolute Gasteiger partial charge is 0.361 e. The van der Waals surface area contributed by atoms with Gasteiger partial charge >= 0.3 is 0 Å². The predicted octanol–water partition coefficient (Wildman–Crippen LogP) is 1.05. The fourth-order valence-electron chi connectivity index (χ4n) is 0.186. The molecule has 0 aromatic rings. The van der Waals surface area contributed by atoms with Crippen LogP contribution < -0.4 is 5.32 Å². The maximum atomic E-state index is 3.56. The Hall–Kier alpha value is -1.27. The highest BCUT2D eigenvalue weighted by Crippen LogP contribution is 1.58. The van der Waals surface area contributed by atoms with Gasteiger partial charge in [0.15, 0.2) is 0 Å². The van der Waals surface area contributed by atoms with Gasteiger partial charge in [0, 0.05) is 12.1 Å². The van der Waals surface area contributed by atoms with Crippen molar-refractivity contribution in [1.82, 2.24) is 5.32 Å². The van der Waals surface area contributed by atoms with Gasteiger partial charge in [0.25, 0.3) is 0 Å². The minimum Gasteiger partial charge on any atom is -0.361 e. The summed E-state index contributed by atoms with van der Waals surface area (Å²) in [5.74, 6) is 2.54. The van der Waals surface area contributed by atoms with Gasteiger partial charge < -0.3 is 5.32 Å². The number of nitrogens with zero attached hydrogens (tertiary/aromatic N) is 1. The molecule has 0 atom stereocenters. The van der Waals surface area contributed by atoms with Gasteiger partial charge in [0.1, 0.15) is 0 Å². The molecule has 8 heavy (non-hydrogen) atoms. The Labute approximate surface area is 48.9 Å². The number of hydrogen-bond acceptors (Lipinski definition) is 2. The molecule has 0 aliphatic rings. The molecule has 0 aromatic heterocycles. The highest BCUT2D eigenvalue weighted by molar-refractivity contribution is 5.51. The van der Waals surface area contributed by atoms with Crippen LogP contribution in [0.5, 0.6) is 0 Å². The van der Waals surface area contributed by atoms with Crippen LogP contribution in [0.1, 0.15) is 0 Å². The van der Waals surface area contributed by atoms with Crippen LogP contribution in [0.2, 0.25) is 0 Å². The van der Waals surface area contributed by atoms with Crippen molar-refractivity contribution < 1.29 is 0 Å². The summed E-state index contributed by atoms with van der Waals surface area (Å²) in [6.07, 6.45) is 4.47. The Morgan fingerprint density at radius 1 is 1.50 bits per heavy atom. The second-order valence-electron chi connectivity index (χ2n) is 0.956. The van der Waals surface area contributed by atoms with Gasteiger partial charge in [-0.1, -0.05) is 13.2 Å². The highest BCUT2D eigenvalue weighted by Gasteiger charge is 1.53. The fourth-order valence-corrected chi connectivity index (χ4v) is 0.186. The fraction of sp³-hybridized carbons (Fsp3) is 0. The zero-order valence-electron chi connectivity index (χ0n) is 4.59. The SMILES string of the molecule is C=CN=C=CNC=C. The van der Waals surface area contributed by atoms with Gasteiger partial charge in [0.2, 0.25) is 0 Å². The number of rotatable bonds is 3. The maximum absolute atomic E-state index is 3.56. The van der Waals surface area contributed by atoms with Crippen molar-refractivity contribution in [3.05, 3.63) is 31.8 Å². The van der Waals surface area contributed by atoms with E-state index in [0.717, 1.165) is 0 Å². The van der Waals surface area contributed by atoms with Crippen LogP contribution in [-0.4, -0.2) is 5.87 Å². The molecule has 0 amide bonds. The van der Waals surface area contributed by atoms with Crippen molar-refractivity contribution in [2.24, 2.45) is 4.99 Å². The van der Waals surface area contributed by atoms with E-state index in [9.17, 15) is 0 Å². The molecule has 0 bridgehead atoms. The number of aliphatic imine (C=N–C) groups is 1. The average Bonchev–Trinajstić information content (AvgIpc) is 1.81. The van der Waals surface area contributed by atoms with Crippen LogP contribution in [0.25, 0.3) is 0 Å². The van der Waals surface area contributed by atoms with Crippen molar-refractivity contribution in [1.29, 1.82) is 0 Å². The Kier molecular flexibility index (Phi) is 4.82. The molecular formula is C6H8N2. The lowest BCUT2D eigenvalue weighted by atomic mass is 10.9. The first-order chi connectivity index (χ1) is 3.91. The summed E-state index contributed by atoms with van der Waals surface area (Å²) in [6.45, 7) is 6.76.